The fourth-order valence-electron chi connectivity index (χ4n) is 2.58. The minimum absolute atomic E-state index is 0.0802. The summed E-state index contributed by atoms with van der Waals surface area (Å²) in [6, 6.07) is 15.3. The molecule has 0 radical (unpaired) electrons. The number of nitrogens with one attached hydrogen (secondary N) is 1. The fraction of sp³-hybridized carbons (Fsp3) is 0.381. The van der Waals surface area contributed by atoms with Crippen molar-refractivity contribution in [2.75, 3.05) is 18.4 Å². The van der Waals surface area contributed by atoms with Gasteiger partial charge in [0.05, 0.1) is 6.10 Å². The molecule has 0 aromatic heterocycles. The number of carbonyl (C=O) groups is 1. The maximum absolute atomic E-state index is 12.4. The minimum Gasteiger partial charge on any atom is -0.491 e. The van der Waals surface area contributed by atoms with Gasteiger partial charge in [-0.3, -0.25) is 9.69 Å². The predicted molar refractivity (Wildman–Crippen MR) is 103 cm³/mol. The molecular formula is C21H28N2O2. The van der Waals surface area contributed by atoms with E-state index in [0.717, 1.165) is 25.3 Å². The van der Waals surface area contributed by atoms with Gasteiger partial charge < -0.3 is 10.1 Å². The fourth-order valence-corrected chi connectivity index (χ4v) is 2.58. The van der Waals surface area contributed by atoms with Crippen LogP contribution in [0.15, 0.2) is 48.5 Å². The molecule has 0 saturated carbocycles. The summed E-state index contributed by atoms with van der Waals surface area (Å²) in [7, 11) is 0. The van der Waals surface area contributed by atoms with Gasteiger partial charge in [0.25, 0.3) is 5.91 Å². The normalized spacial score (nSPS) is 11.0. The van der Waals surface area contributed by atoms with Gasteiger partial charge >= 0.3 is 0 Å². The summed E-state index contributed by atoms with van der Waals surface area (Å²) in [6.07, 6.45) is 0.0802. The third kappa shape index (κ3) is 5.91. The van der Waals surface area contributed by atoms with Crippen LogP contribution in [0.4, 0.5) is 5.69 Å². The van der Waals surface area contributed by atoms with Crippen LogP contribution in [0.5, 0.6) is 5.75 Å². The van der Waals surface area contributed by atoms with Gasteiger partial charge in [-0.15, -0.1) is 0 Å². The molecule has 0 fully saturated rings. The Kier molecular flexibility index (Phi) is 7.02. The molecule has 0 saturated heterocycles. The number of nitrogens with zero attached hydrogens (tertiary/aromatic N) is 1. The van der Waals surface area contributed by atoms with Crippen LogP contribution in [-0.2, 0) is 6.54 Å². The summed E-state index contributed by atoms with van der Waals surface area (Å²) in [6.45, 7) is 11.2. The number of hydrogen-bond acceptors (Lipinski definition) is 3. The molecule has 0 aliphatic heterocycles. The number of ether oxygens (including phenoxy) is 1. The SMILES string of the molecule is CCN(CC)Cc1ccc(NC(=O)c2cccc(OC(C)C)c2)cc1. The highest BCUT2D eigenvalue weighted by Gasteiger charge is 2.08. The Labute approximate surface area is 150 Å². The number of anilines is 1. The van der Waals surface area contributed by atoms with Gasteiger partial charge in [0.1, 0.15) is 5.75 Å². The molecule has 134 valence electrons. The van der Waals surface area contributed by atoms with Crippen molar-refractivity contribution in [1.29, 1.82) is 0 Å². The highest BCUT2D eigenvalue weighted by molar-refractivity contribution is 6.04. The first-order chi connectivity index (χ1) is 12.0. The number of hydrogen-bond donors (Lipinski definition) is 1. The molecule has 4 nitrogen and oxygen atoms in total. The minimum atomic E-state index is -0.134. The van der Waals surface area contributed by atoms with Gasteiger partial charge in [0, 0.05) is 17.8 Å². The van der Waals surface area contributed by atoms with Crippen molar-refractivity contribution in [3.8, 4) is 5.75 Å². The molecule has 1 amide bonds. The third-order valence-corrected chi connectivity index (χ3v) is 3.98. The van der Waals surface area contributed by atoms with E-state index in [1.807, 2.05) is 38.1 Å². The topological polar surface area (TPSA) is 41.6 Å². The van der Waals surface area contributed by atoms with Crippen molar-refractivity contribution < 1.29 is 9.53 Å². The maximum Gasteiger partial charge on any atom is 0.255 e. The average Bonchev–Trinajstić information content (AvgIpc) is 2.60. The lowest BCUT2D eigenvalue weighted by molar-refractivity contribution is 0.102. The maximum atomic E-state index is 12.4. The predicted octanol–water partition coefficient (Wildman–Crippen LogP) is 4.57. The molecular weight excluding hydrogens is 312 g/mol. The Morgan fingerprint density at radius 2 is 1.76 bits per heavy atom. The molecule has 0 spiro atoms. The zero-order valence-corrected chi connectivity index (χ0v) is 15.6. The monoisotopic (exact) mass is 340 g/mol. The Balaban J connectivity index is 2.00. The zero-order chi connectivity index (χ0) is 18.2. The molecule has 1 N–H and O–H groups in total. The van der Waals surface area contributed by atoms with E-state index in [2.05, 4.69) is 36.2 Å². The third-order valence-electron chi connectivity index (χ3n) is 3.98. The summed E-state index contributed by atoms with van der Waals surface area (Å²) >= 11 is 0. The van der Waals surface area contributed by atoms with Crippen LogP contribution in [0.3, 0.4) is 0 Å². The second-order valence-electron chi connectivity index (χ2n) is 6.31. The first-order valence-corrected chi connectivity index (χ1v) is 8.91. The Bertz CT molecular complexity index is 677. The van der Waals surface area contributed by atoms with Crippen LogP contribution in [0.2, 0.25) is 0 Å². The number of carbonyl (C=O) groups excluding carboxylic acids is 1. The molecule has 0 unspecified atom stereocenters. The second kappa shape index (κ2) is 9.23. The van der Waals surface area contributed by atoms with E-state index in [1.165, 1.54) is 5.56 Å². The zero-order valence-electron chi connectivity index (χ0n) is 15.6. The largest absolute Gasteiger partial charge is 0.491 e. The Morgan fingerprint density at radius 1 is 1.08 bits per heavy atom. The van der Waals surface area contributed by atoms with Crippen molar-refractivity contribution in [1.82, 2.24) is 4.90 Å². The molecule has 25 heavy (non-hydrogen) atoms. The van der Waals surface area contributed by atoms with Gasteiger partial charge in [-0.25, -0.2) is 0 Å². The Morgan fingerprint density at radius 3 is 2.36 bits per heavy atom. The van der Waals surface area contributed by atoms with Crippen molar-refractivity contribution in [2.24, 2.45) is 0 Å². The molecule has 0 heterocycles. The lowest BCUT2D eigenvalue weighted by Crippen LogP contribution is -2.22. The van der Waals surface area contributed by atoms with Crippen molar-refractivity contribution in [3.05, 3.63) is 59.7 Å². The smallest absolute Gasteiger partial charge is 0.255 e. The number of rotatable bonds is 8. The molecule has 2 aromatic carbocycles. The van der Waals surface area contributed by atoms with Crippen molar-refractivity contribution in [2.45, 2.75) is 40.3 Å². The standard InChI is InChI=1S/C21H28N2O2/c1-5-23(6-2)15-17-10-12-19(13-11-17)22-21(24)18-8-7-9-20(14-18)25-16(3)4/h7-14,16H,5-6,15H2,1-4H3,(H,22,24). The molecule has 2 rings (SSSR count). The summed E-state index contributed by atoms with van der Waals surface area (Å²) in [5, 5.41) is 2.94. The van der Waals surface area contributed by atoms with Gasteiger partial charge in [0.2, 0.25) is 0 Å². The van der Waals surface area contributed by atoms with E-state index in [1.54, 1.807) is 12.1 Å². The van der Waals surface area contributed by atoms with Crippen LogP contribution in [-0.4, -0.2) is 30.0 Å². The average molecular weight is 340 g/mol. The highest BCUT2D eigenvalue weighted by atomic mass is 16.5. The summed E-state index contributed by atoms with van der Waals surface area (Å²) in [5.41, 5.74) is 2.63. The number of benzene rings is 2. The number of amides is 1. The molecule has 0 aliphatic rings. The van der Waals surface area contributed by atoms with Crippen molar-refractivity contribution >= 4 is 11.6 Å². The molecule has 0 aliphatic carbocycles. The lowest BCUT2D eigenvalue weighted by atomic mass is 10.1. The van der Waals surface area contributed by atoms with Crippen LogP contribution < -0.4 is 10.1 Å². The van der Waals surface area contributed by atoms with Crippen LogP contribution in [0.25, 0.3) is 0 Å². The summed E-state index contributed by atoms with van der Waals surface area (Å²) < 4.78 is 5.64. The van der Waals surface area contributed by atoms with Crippen molar-refractivity contribution in [3.63, 3.8) is 0 Å². The highest BCUT2D eigenvalue weighted by Crippen LogP contribution is 2.17. The molecule has 4 heteroatoms. The first-order valence-electron chi connectivity index (χ1n) is 8.91. The van der Waals surface area contributed by atoms with E-state index in [9.17, 15) is 4.79 Å². The Hall–Kier alpha value is -2.33. The van der Waals surface area contributed by atoms with Gasteiger partial charge in [-0.1, -0.05) is 32.0 Å². The van der Waals surface area contributed by atoms with Gasteiger partial charge in [-0.2, -0.15) is 0 Å². The van der Waals surface area contributed by atoms with E-state index in [0.29, 0.717) is 11.3 Å². The molecule has 0 bridgehead atoms. The van der Waals surface area contributed by atoms with E-state index < -0.39 is 0 Å². The van der Waals surface area contributed by atoms with E-state index >= 15 is 0 Å². The quantitative estimate of drug-likeness (QED) is 0.765. The summed E-state index contributed by atoms with van der Waals surface area (Å²) in [4.78, 5) is 14.8. The van der Waals surface area contributed by atoms with E-state index in [-0.39, 0.29) is 12.0 Å². The van der Waals surface area contributed by atoms with Crippen LogP contribution in [0, 0.1) is 0 Å². The van der Waals surface area contributed by atoms with Gasteiger partial charge in [-0.05, 0) is 62.8 Å². The first kappa shape index (κ1) is 19.0. The molecule has 2 aromatic rings. The molecule has 0 atom stereocenters. The lowest BCUT2D eigenvalue weighted by Gasteiger charge is -2.18. The van der Waals surface area contributed by atoms with Crippen LogP contribution in [0.1, 0.15) is 43.6 Å². The van der Waals surface area contributed by atoms with E-state index in [4.69, 9.17) is 4.74 Å². The summed E-state index contributed by atoms with van der Waals surface area (Å²) in [5.74, 6) is 0.572. The second-order valence-corrected chi connectivity index (χ2v) is 6.31. The van der Waals surface area contributed by atoms with Gasteiger partial charge in [0.15, 0.2) is 0 Å². The van der Waals surface area contributed by atoms with Crippen LogP contribution >= 0.6 is 0 Å².